The maximum absolute atomic E-state index is 11.8. The van der Waals surface area contributed by atoms with Crippen LogP contribution in [0, 0.1) is 6.92 Å². The van der Waals surface area contributed by atoms with Gasteiger partial charge < -0.3 is 10.5 Å². The van der Waals surface area contributed by atoms with Gasteiger partial charge >= 0.3 is 6.18 Å². The number of anilines is 1. The first-order chi connectivity index (χ1) is 8.29. The van der Waals surface area contributed by atoms with Gasteiger partial charge in [-0.3, -0.25) is 4.21 Å². The summed E-state index contributed by atoms with van der Waals surface area (Å²) in [6.07, 6.45) is -4.35. The van der Waals surface area contributed by atoms with E-state index in [0.717, 1.165) is 5.56 Å². The third-order valence-electron chi connectivity index (χ3n) is 2.12. The first-order valence-corrected chi connectivity index (χ1v) is 6.50. The maximum atomic E-state index is 11.8. The van der Waals surface area contributed by atoms with E-state index >= 15 is 0 Å². The Morgan fingerprint density at radius 2 is 2.06 bits per heavy atom. The van der Waals surface area contributed by atoms with E-state index in [1.807, 2.05) is 0 Å². The van der Waals surface area contributed by atoms with Crippen molar-refractivity contribution in [3.63, 3.8) is 0 Å². The predicted octanol–water partition coefficient (Wildman–Crippen LogP) is 2.26. The van der Waals surface area contributed by atoms with Gasteiger partial charge in [0.1, 0.15) is 6.61 Å². The molecule has 0 radical (unpaired) electrons. The van der Waals surface area contributed by atoms with E-state index in [1.165, 1.54) is 0 Å². The number of benzene rings is 1. The van der Waals surface area contributed by atoms with E-state index in [1.54, 1.807) is 25.1 Å². The molecule has 1 rings (SSSR count). The van der Waals surface area contributed by atoms with Gasteiger partial charge in [-0.05, 0) is 30.7 Å². The van der Waals surface area contributed by atoms with Crippen molar-refractivity contribution in [1.29, 1.82) is 0 Å². The second-order valence-corrected chi connectivity index (χ2v) is 5.28. The zero-order valence-corrected chi connectivity index (χ0v) is 10.6. The third-order valence-corrected chi connectivity index (χ3v) is 3.61. The van der Waals surface area contributed by atoms with Gasteiger partial charge in [0.25, 0.3) is 0 Å². The van der Waals surface area contributed by atoms with E-state index in [2.05, 4.69) is 4.74 Å². The molecule has 0 saturated heterocycles. The summed E-state index contributed by atoms with van der Waals surface area (Å²) in [4.78, 5) is 0.569. The fourth-order valence-corrected chi connectivity index (χ4v) is 2.49. The van der Waals surface area contributed by atoms with Gasteiger partial charge in [-0.2, -0.15) is 13.2 Å². The molecule has 0 aromatic heterocycles. The Hall–Kier alpha value is -1.08. The van der Waals surface area contributed by atoms with Crippen molar-refractivity contribution in [3.8, 4) is 0 Å². The smallest absolute Gasteiger partial charge is 0.399 e. The molecule has 0 aliphatic carbocycles. The quantitative estimate of drug-likeness (QED) is 0.665. The minimum atomic E-state index is -4.35. The number of nitrogens with two attached hydrogens (primary N) is 1. The highest BCUT2D eigenvalue weighted by molar-refractivity contribution is 7.85. The Kier molecular flexibility index (Phi) is 5.15. The summed E-state index contributed by atoms with van der Waals surface area (Å²) in [5, 5.41) is 0. The predicted molar refractivity (Wildman–Crippen MR) is 63.7 cm³/mol. The number of nitrogen functional groups attached to an aromatic ring is 1. The van der Waals surface area contributed by atoms with Gasteiger partial charge in [-0.25, -0.2) is 0 Å². The van der Waals surface area contributed by atoms with Gasteiger partial charge in [0.2, 0.25) is 0 Å². The van der Waals surface area contributed by atoms with Crippen LogP contribution in [0.1, 0.15) is 5.56 Å². The van der Waals surface area contributed by atoms with Gasteiger partial charge in [-0.15, -0.1) is 0 Å². The van der Waals surface area contributed by atoms with E-state index in [-0.39, 0.29) is 12.4 Å². The standard InChI is InChI=1S/C11H14F3NO2S/c1-8-6-9(15)2-3-10(8)18(16)5-4-17-7-11(12,13)14/h2-3,6H,4-5,7,15H2,1H3. The number of rotatable bonds is 5. The molecule has 102 valence electrons. The zero-order chi connectivity index (χ0) is 13.8. The van der Waals surface area contributed by atoms with Crippen LogP contribution >= 0.6 is 0 Å². The van der Waals surface area contributed by atoms with Crippen LogP contribution in [0.4, 0.5) is 18.9 Å². The second kappa shape index (κ2) is 6.19. The molecule has 0 saturated carbocycles. The first-order valence-electron chi connectivity index (χ1n) is 5.18. The largest absolute Gasteiger partial charge is 0.411 e. The van der Waals surface area contributed by atoms with E-state index < -0.39 is 23.6 Å². The Morgan fingerprint density at radius 3 is 2.61 bits per heavy atom. The number of hydrogen-bond acceptors (Lipinski definition) is 3. The van der Waals surface area contributed by atoms with Crippen LogP contribution in [-0.4, -0.2) is 29.4 Å². The molecule has 0 amide bonds. The van der Waals surface area contributed by atoms with Crippen LogP contribution < -0.4 is 5.73 Å². The lowest BCUT2D eigenvalue weighted by Crippen LogP contribution is -2.19. The highest BCUT2D eigenvalue weighted by Crippen LogP contribution is 2.17. The molecular weight excluding hydrogens is 267 g/mol. The van der Waals surface area contributed by atoms with Gasteiger partial charge in [0, 0.05) is 10.6 Å². The minimum Gasteiger partial charge on any atom is -0.399 e. The molecule has 18 heavy (non-hydrogen) atoms. The highest BCUT2D eigenvalue weighted by Gasteiger charge is 2.27. The van der Waals surface area contributed by atoms with Crippen LogP contribution in [0.2, 0.25) is 0 Å². The summed E-state index contributed by atoms with van der Waals surface area (Å²) in [7, 11) is -1.38. The van der Waals surface area contributed by atoms with Crippen LogP contribution in [0.3, 0.4) is 0 Å². The van der Waals surface area contributed by atoms with Crippen molar-refractivity contribution in [1.82, 2.24) is 0 Å². The van der Waals surface area contributed by atoms with Crippen molar-refractivity contribution < 1.29 is 22.1 Å². The number of alkyl halides is 3. The second-order valence-electron chi connectivity index (χ2n) is 3.74. The summed E-state index contributed by atoms with van der Waals surface area (Å²) >= 11 is 0. The molecule has 3 nitrogen and oxygen atoms in total. The van der Waals surface area contributed by atoms with Crippen LogP contribution in [0.5, 0.6) is 0 Å². The summed E-state index contributed by atoms with van der Waals surface area (Å²) in [5.74, 6) is 0.0286. The summed E-state index contributed by atoms with van der Waals surface area (Å²) in [5.41, 5.74) is 6.86. The van der Waals surface area contributed by atoms with Gasteiger partial charge in [-0.1, -0.05) is 0 Å². The van der Waals surface area contributed by atoms with Crippen molar-refractivity contribution in [2.24, 2.45) is 0 Å². The molecule has 1 unspecified atom stereocenters. The third kappa shape index (κ3) is 5.05. The summed E-state index contributed by atoms with van der Waals surface area (Å²) in [6.45, 7) is 0.237. The summed E-state index contributed by atoms with van der Waals surface area (Å²) in [6, 6.07) is 4.89. The van der Waals surface area contributed by atoms with E-state index in [4.69, 9.17) is 5.73 Å². The summed E-state index contributed by atoms with van der Waals surface area (Å²) < 4.78 is 51.6. The van der Waals surface area contributed by atoms with Crippen molar-refractivity contribution in [3.05, 3.63) is 23.8 Å². The first kappa shape index (κ1) is 15.0. The number of halogens is 3. The monoisotopic (exact) mass is 281 g/mol. The lowest BCUT2D eigenvalue weighted by atomic mass is 10.2. The van der Waals surface area contributed by atoms with E-state index in [9.17, 15) is 17.4 Å². The molecule has 0 aliphatic rings. The lowest BCUT2D eigenvalue weighted by molar-refractivity contribution is -0.172. The molecule has 0 heterocycles. The van der Waals surface area contributed by atoms with E-state index in [0.29, 0.717) is 10.6 Å². The SMILES string of the molecule is Cc1cc(N)ccc1S(=O)CCOCC(F)(F)F. The van der Waals surface area contributed by atoms with Gasteiger partial charge in [0.05, 0.1) is 23.2 Å². The Morgan fingerprint density at radius 1 is 1.39 bits per heavy atom. The molecular formula is C11H14F3NO2S. The number of aryl methyl sites for hydroxylation is 1. The molecule has 0 spiro atoms. The molecule has 0 aliphatic heterocycles. The lowest BCUT2D eigenvalue weighted by Gasteiger charge is -2.09. The fraction of sp³-hybridized carbons (Fsp3) is 0.455. The molecule has 7 heteroatoms. The fourth-order valence-electron chi connectivity index (χ4n) is 1.36. The minimum absolute atomic E-state index is 0.0286. The van der Waals surface area contributed by atoms with Crippen LogP contribution in [0.15, 0.2) is 23.1 Å². The molecule has 1 aromatic rings. The van der Waals surface area contributed by atoms with Crippen LogP contribution in [0.25, 0.3) is 0 Å². The average Bonchev–Trinajstić information content (AvgIpc) is 2.22. The molecule has 1 aromatic carbocycles. The Bertz CT molecular complexity index is 435. The molecule has 0 fully saturated rings. The molecule has 1 atom stereocenters. The number of hydrogen-bond donors (Lipinski definition) is 1. The molecule has 0 bridgehead atoms. The maximum Gasteiger partial charge on any atom is 0.411 e. The zero-order valence-electron chi connectivity index (χ0n) is 9.79. The number of ether oxygens (including phenoxy) is 1. The van der Waals surface area contributed by atoms with Gasteiger partial charge in [0.15, 0.2) is 0 Å². The topological polar surface area (TPSA) is 52.3 Å². The Balaban J connectivity index is 2.46. The van der Waals surface area contributed by atoms with Crippen molar-refractivity contribution in [2.75, 3.05) is 24.7 Å². The normalized spacial score (nSPS) is 13.6. The molecule has 2 N–H and O–H groups in total. The average molecular weight is 281 g/mol. The highest BCUT2D eigenvalue weighted by atomic mass is 32.2. The van der Waals surface area contributed by atoms with Crippen molar-refractivity contribution in [2.45, 2.75) is 18.0 Å². The van der Waals surface area contributed by atoms with Crippen molar-refractivity contribution >= 4 is 16.5 Å². The Labute approximate surface area is 106 Å². The van der Waals surface area contributed by atoms with Crippen LogP contribution in [-0.2, 0) is 15.5 Å².